The number of piperidine rings is 1. The van der Waals surface area contributed by atoms with Crippen LogP contribution in [-0.2, 0) is 6.42 Å². The van der Waals surface area contributed by atoms with Crippen molar-refractivity contribution in [2.75, 3.05) is 33.7 Å². The highest BCUT2D eigenvalue weighted by Gasteiger charge is 2.47. The molecule has 3 nitrogen and oxygen atoms in total. The lowest BCUT2D eigenvalue weighted by molar-refractivity contribution is 0.0427. The van der Waals surface area contributed by atoms with E-state index in [4.69, 9.17) is 0 Å². The summed E-state index contributed by atoms with van der Waals surface area (Å²) in [4.78, 5) is 7.90. The molecule has 126 valence electrons. The Labute approximate surface area is 145 Å². The van der Waals surface area contributed by atoms with Crippen LogP contribution in [0.15, 0.2) is 48.2 Å². The fourth-order valence-corrected chi connectivity index (χ4v) is 5.57. The second-order valence-corrected chi connectivity index (χ2v) is 8.09. The number of benzene rings is 1. The van der Waals surface area contributed by atoms with Crippen molar-refractivity contribution in [1.82, 2.24) is 14.7 Å². The number of likely N-dealkylation sites (tertiary alicyclic amines) is 1. The van der Waals surface area contributed by atoms with Crippen molar-refractivity contribution in [3.8, 4) is 0 Å². The number of nitrogens with zero attached hydrogens (tertiary/aromatic N) is 3. The van der Waals surface area contributed by atoms with Crippen LogP contribution >= 0.6 is 0 Å². The van der Waals surface area contributed by atoms with Crippen LogP contribution in [0.1, 0.15) is 23.5 Å². The molecule has 1 aromatic rings. The zero-order valence-electron chi connectivity index (χ0n) is 14.7. The van der Waals surface area contributed by atoms with Crippen molar-refractivity contribution < 1.29 is 0 Å². The molecule has 4 aliphatic heterocycles. The Morgan fingerprint density at radius 3 is 2.88 bits per heavy atom. The van der Waals surface area contributed by atoms with Gasteiger partial charge in [-0.2, -0.15) is 0 Å². The highest BCUT2D eigenvalue weighted by molar-refractivity contribution is 5.41. The molecule has 0 saturated carbocycles. The molecule has 4 heterocycles. The zero-order chi connectivity index (χ0) is 16.3. The Kier molecular flexibility index (Phi) is 3.36. The molecule has 0 aliphatic carbocycles. The predicted octanol–water partition coefficient (Wildman–Crippen LogP) is 2.67. The molecule has 0 amide bonds. The van der Waals surface area contributed by atoms with Crippen LogP contribution in [-0.4, -0.2) is 60.6 Å². The first-order valence-electron chi connectivity index (χ1n) is 9.34. The summed E-state index contributed by atoms with van der Waals surface area (Å²) < 4.78 is 0. The molecular weight excluding hydrogens is 294 g/mol. The summed E-state index contributed by atoms with van der Waals surface area (Å²) in [6.07, 6.45) is 9.86. The van der Waals surface area contributed by atoms with Gasteiger partial charge in [0.05, 0.1) is 0 Å². The molecule has 1 aromatic carbocycles. The van der Waals surface area contributed by atoms with Gasteiger partial charge in [-0.3, -0.25) is 4.90 Å². The van der Waals surface area contributed by atoms with Gasteiger partial charge in [0, 0.05) is 43.7 Å². The normalized spacial score (nSPS) is 35.6. The summed E-state index contributed by atoms with van der Waals surface area (Å²) in [5, 5.41) is 0. The maximum atomic E-state index is 2.79. The summed E-state index contributed by atoms with van der Waals surface area (Å²) in [5.74, 6) is 1.37. The van der Waals surface area contributed by atoms with Gasteiger partial charge in [0.2, 0.25) is 0 Å². The molecule has 0 N–H and O–H groups in total. The maximum absolute atomic E-state index is 2.79. The van der Waals surface area contributed by atoms with Gasteiger partial charge in [0.1, 0.15) is 6.17 Å². The fourth-order valence-electron chi connectivity index (χ4n) is 5.57. The van der Waals surface area contributed by atoms with Gasteiger partial charge in [-0.1, -0.05) is 30.3 Å². The number of rotatable bonds is 0. The van der Waals surface area contributed by atoms with Gasteiger partial charge in [-0.15, -0.1) is 0 Å². The van der Waals surface area contributed by atoms with Crippen molar-refractivity contribution in [2.45, 2.75) is 31.0 Å². The Morgan fingerprint density at radius 2 is 1.96 bits per heavy atom. The van der Waals surface area contributed by atoms with Crippen molar-refractivity contribution in [1.29, 1.82) is 0 Å². The quantitative estimate of drug-likeness (QED) is 0.727. The number of likely N-dealkylation sites (N-methyl/N-ethyl adjacent to an activating group) is 2. The number of hydrogen-bond acceptors (Lipinski definition) is 3. The van der Waals surface area contributed by atoms with Gasteiger partial charge < -0.3 is 9.80 Å². The Morgan fingerprint density at radius 1 is 1.08 bits per heavy atom. The highest BCUT2D eigenvalue weighted by Crippen LogP contribution is 2.45. The second kappa shape index (κ2) is 5.47. The Balaban J connectivity index is 1.70. The van der Waals surface area contributed by atoms with Gasteiger partial charge in [-0.25, -0.2) is 0 Å². The zero-order valence-corrected chi connectivity index (χ0v) is 14.7. The standard InChI is InChI=1S/C21H27N3/c1-22-13-16-10-11-23(2)20-9-5-7-17-12-15-6-3-4-8-18(15)19(14-22)21(16)24(17)20/h3-9,16,19-21H,10-14H2,1-2H3. The van der Waals surface area contributed by atoms with Crippen molar-refractivity contribution in [3.05, 3.63) is 59.3 Å². The Bertz CT molecular complexity index is 707. The molecule has 0 spiro atoms. The van der Waals surface area contributed by atoms with Gasteiger partial charge in [0.15, 0.2) is 0 Å². The smallest absolute Gasteiger partial charge is 0.101 e. The van der Waals surface area contributed by atoms with E-state index in [9.17, 15) is 0 Å². The number of hydrogen-bond donors (Lipinski definition) is 0. The van der Waals surface area contributed by atoms with Crippen LogP contribution in [0.3, 0.4) is 0 Å². The molecule has 2 saturated heterocycles. The van der Waals surface area contributed by atoms with Crippen LogP contribution < -0.4 is 0 Å². The molecule has 0 radical (unpaired) electrons. The van der Waals surface area contributed by atoms with Crippen LogP contribution in [0.25, 0.3) is 0 Å². The van der Waals surface area contributed by atoms with Crippen LogP contribution in [0.2, 0.25) is 0 Å². The molecule has 0 aromatic heterocycles. The van der Waals surface area contributed by atoms with E-state index < -0.39 is 0 Å². The topological polar surface area (TPSA) is 9.72 Å². The molecule has 4 atom stereocenters. The molecule has 0 bridgehead atoms. The number of fused-ring (bicyclic) bond motifs is 2. The van der Waals surface area contributed by atoms with Gasteiger partial charge in [-0.05, 0) is 49.7 Å². The third-order valence-electron chi connectivity index (χ3n) is 6.59. The summed E-state index contributed by atoms with van der Waals surface area (Å²) in [7, 11) is 4.61. The predicted molar refractivity (Wildman–Crippen MR) is 97.8 cm³/mol. The maximum Gasteiger partial charge on any atom is 0.101 e. The van der Waals surface area contributed by atoms with E-state index in [1.54, 1.807) is 5.56 Å². The summed E-state index contributed by atoms with van der Waals surface area (Å²) in [5.41, 5.74) is 4.65. The average Bonchev–Trinajstić information content (AvgIpc) is 2.82. The van der Waals surface area contributed by atoms with Gasteiger partial charge in [0.25, 0.3) is 0 Å². The number of allylic oxidation sites excluding steroid dienone is 3. The fraction of sp³-hybridized carbons (Fsp3) is 0.524. The summed E-state index contributed by atoms with van der Waals surface area (Å²) >= 11 is 0. The monoisotopic (exact) mass is 321 g/mol. The van der Waals surface area contributed by atoms with Crippen LogP contribution in [0.5, 0.6) is 0 Å². The van der Waals surface area contributed by atoms with E-state index >= 15 is 0 Å². The van der Waals surface area contributed by atoms with Gasteiger partial charge >= 0.3 is 0 Å². The third kappa shape index (κ3) is 2.11. The first-order chi connectivity index (χ1) is 11.7. The minimum absolute atomic E-state index is 0.431. The minimum Gasteiger partial charge on any atom is -0.351 e. The lowest BCUT2D eigenvalue weighted by Crippen LogP contribution is -2.56. The summed E-state index contributed by atoms with van der Waals surface area (Å²) in [6, 6.07) is 9.83. The lowest BCUT2D eigenvalue weighted by Gasteiger charge is -2.50. The van der Waals surface area contributed by atoms with Crippen LogP contribution in [0.4, 0.5) is 0 Å². The SMILES string of the molecule is CN1CC2CCN(C)C3C=CC=C4Cc5ccccc5C(C1)C2N43. The van der Waals surface area contributed by atoms with Crippen molar-refractivity contribution in [2.24, 2.45) is 5.92 Å². The molecule has 24 heavy (non-hydrogen) atoms. The van der Waals surface area contributed by atoms with E-state index in [1.165, 1.54) is 37.3 Å². The summed E-state index contributed by atoms with van der Waals surface area (Å²) in [6.45, 7) is 3.61. The molecule has 4 unspecified atom stereocenters. The molecule has 4 aliphatic rings. The van der Waals surface area contributed by atoms with E-state index in [0.29, 0.717) is 18.1 Å². The van der Waals surface area contributed by atoms with E-state index in [-0.39, 0.29) is 0 Å². The highest BCUT2D eigenvalue weighted by atomic mass is 15.4. The lowest BCUT2D eigenvalue weighted by atomic mass is 9.77. The molecule has 3 heteroatoms. The first kappa shape index (κ1) is 14.7. The Hall–Kier alpha value is -1.58. The van der Waals surface area contributed by atoms with Crippen molar-refractivity contribution >= 4 is 0 Å². The molecule has 5 rings (SSSR count). The van der Waals surface area contributed by atoms with E-state index in [0.717, 1.165) is 12.3 Å². The minimum atomic E-state index is 0.431. The average molecular weight is 321 g/mol. The van der Waals surface area contributed by atoms with Crippen LogP contribution in [0, 0.1) is 5.92 Å². The second-order valence-electron chi connectivity index (χ2n) is 8.09. The first-order valence-corrected chi connectivity index (χ1v) is 9.34. The van der Waals surface area contributed by atoms with Crippen molar-refractivity contribution in [3.63, 3.8) is 0 Å². The molecular formula is C21H27N3. The van der Waals surface area contributed by atoms with E-state index in [1.807, 2.05) is 0 Å². The third-order valence-corrected chi connectivity index (χ3v) is 6.59. The molecule has 2 fully saturated rings. The largest absolute Gasteiger partial charge is 0.351 e. The van der Waals surface area contributed by atoms with E-state index in [2.05, 4.69) is 71.3 Å².